The van der Waals surface area contributed by atoms with Gasteiger partial charge in [0.15, 0.2) is 0 Å². The number of carbonyl (C=O) groups is 1. The average molecular weight is 461 g/mol. The molecule has 4 rings (SSSR count). The molecule has 1 saturated carbocycles. The molecule has 0 amide bonds. The van der Waals surface area contributed by atoms with Gasteiger partial charge in [-0.3, -0.25) is 4.98 Å². The zero-order valence-electron chi connectivity index (χ0n) is 19.3. The van der Waals surface area contributed by atoms with Gasteiger partial charge in [-0.15, -0.1) is 0 Å². The Kier molecular flexibility index (Phi) is 8.28. The summed E-state index contributed by atoms with van der Waals surface area (Å²) in [6.07, 6.45) is 9.34. The first-order valence-corrected chi connectivity index (χ1v) is 12.0. The van der Waals surface area contributed by atoms with Gasteiger partial charge in [0.1, 0.15) is 5.75 Å². The highest BCUT2D eigenvalue weighted by molar-refractivity contribution is 5.89. The number of aliphatic hydroxyl groups excluding tert-OH is 1. The summed E-state index contributed by atoms with van der Waals surface area (Å²) in [4.78, 5) is 15.5. The molecular weight excluding hydrogens is 428 g/mol. The zero-order valence-corrected chi connectivity index (χ0v) is 19.3. The summed E-state index contributed by atoms with van der Waals surface area (Å²) < 4.78 is 6.30. The van der Waals surface area contributed by atoms with E-state index in [4.69, 9.17) is 4.74 Å². The Morgan fingerprint density at radius 2 is 1.88 bits per heavy atom. The third-order valence-electron chi connectivity index (χ3n) is 6.34. The number of aliphatic hydroxyl groups is 1. The van der Waals surface area contributed by atoms with Gasteiger partial charge >= 0.3 is 5.97 Å². The average Bonchev–Trinajstić information content (AvgIpc) is 2.88. The first-order chi connectivity index (χ1) is 16.6. The summed E-state index contributed by atoms with van der Waals surface area (Å²) >= 11 is 0. The Bertz CT molecular complexity index is 1060. The highest BCUT2D eigenvalue weighted by Crippen LogP contribution is 2.34. The van der Waals surface area contributed by atoms with Crippen LogP contribution >= 0.6 is 0 Å². The van der Waals surface area contributed by atoms with Crippen molar-refractivity contribution in [1.82, 2.24) is 10.3 Å². The molecule has 0 bridgehead atoms. The molecule has 1 fully saturated rings. The van der Waals surface area contributed by atoms with E-state index >= 15 is 0 Å². The number of carboxylic acid groups (broad SMARTS) is 1. The maximum absolute atomic E-state index is 11.5. The van der Waals surface area contributed by atoms with Crippen molar-refractivity contribution in [3.63, 3.8) is 0 Å². The van der Waals surface area contributed by atoms with Crippen LogP contribution in [-0.4, -0.2) is 40.4 Å². The van der Waals surface area contributed by atoms with Crippen LogP contribution in [0, 0.1) is 0 Å². The Morgan fingerprint density at radius 1 is 1.09 bits per heavy atom. The fraction of sp³-hybridized carbons (Fsp3) is 0.357. The number of nitrogens with one attached hydrogen (secondary N) is 1. The number of pyridine rings is 1. The molecule has 1 heterocycles. The lowest BCUT2D eigenvalue weighted by atomic mass is 9.97. The highest BCUT2D eigenvalue weighted by atomic mass is 16.5. The largest absolute Gasteiger partial charge is 0.490 e. The van der Waals surface area contributed by atoms with Crippen molar-refractivity contribution in [3.8, 4) is 16.9 Å². The van der Waals surface area contributed by atoms with E-state index in [2.05, 4.69) is 34.6 Å². The minimum absolute atomic E-state index is 0.143. The lowest BCUT2D eigenvalue weighted by Crippen LogP contribution is -2.23. The van der Waals surface area contributed by atoms with Gasteiger partial charge in [0.25, 0.3) is 0 Å². The van der Waals surface area contributed by atoms with E-state index in [1.165, 1.54) is 12.0 Å². The first-order valence-electron chi connectivity index (χ1n) is 12.0. The van der Waals surface area contributed by atoms with Crippen molar-refractivity contribution in [3.05, 3.63) is 83.7 Å². The van der Waals surface area contributed by atoms with Crippen LogP contribution in [0.3, 0.4) is 0 Å². The predicted octanol–water partition coefficient (Wildman–Crippen LogP) is 5.02. The summed E-state index contributed by atoms with van der Waals surface area (Å²) in [7, 11) is 0. The van der Waals surface area contributed by atoms with E-state index in [0.29, 0.717) is 12.3 Å². The SMILES string of the molecule is O=C(O)c1ccc(-c2ccc(CCNC[C@H](O)c3cccnc3)cc2)c(OC2CCCCC2)c1. The molecule has 3 N–H and O–H groups in total. The van der Waals surface area contributed by atoms with Crippen molar-refractivity contribution in [1.29, 1.82) is 0 Å². The molecule has 0 unspecified atom stereocenters. The molecule has 1 aliphatic carbocycles. The number of hydrogen-bond donors (Lipinski definition) is 3. The minimum atomic E-state index is -0.948. The molecular formula is C28H32N2O4. The van der Waals surface area contributed by atoms with E-state index < -0.39 is 12.1 Å². The smallest absolute Gasteiger partial charge is 0.335 e. The van der Waals surface area contributed by atoms with Gasteiger partial charge in [0, 0.05) is 30.1 Å². The highest BCUT2D eigenvalue weighted by Gasteiger charge is 2.18. The second-order valence-corrected chi connectivity index (χ2v) is 8.85. The second-order valence-electron chi connectivity index (χ2n) is 8.85. The standard InChI is InChI=1S/C28H32N2O4/c31-26(23-5-4-15-29-18-23)19-30-16-14-20-8-10-21(11-9-20)25-13-12-22(28(32)33)17-27(25)34-24-6-2-1-3-7-24/h4-5,8-13,15,17-18,24,26,30-31H,1-3,6-7,14,16,19H2,(H,32,33)/t26-/m0/s1. The molecule has 6 heteroatoms. The number of hydrogen-bond acceptors (Lipinski definition) is 5. The van der Waals surface area contributed by atoms with Gasteiger partial charge in [-0.2, -0.15) is 0 Å². The van der Waals surface area contributed by atoms with Crippen LogP contribution < -0.4 is 10.1 Å². The Morgan fingerprint density at radius 3 is 2.59 bits per heavy atom. The van der Waals surface area contributed by atoms with Gasteiger partial charge in [0.05, 0.1) is 17.8 Å². The number of benzene rings is 2. The molecule has 0 saturated heterocycles. The Labute approximate surface area is 200 Å². The van der Waals surface area contributed by atoms with Crippen molar-refractivity contribution in [2.24, 2.45) is 0 Å². The molecule has 0 radical (unpaired) electrons. The van der Waals surface area contributed by atoms with Gasteiger partial charge in [0.2, 0.25) is 0 Å². The topological polar surface area (TPSA) is 91.7 Å². The van der Waals surface area contributed by atoms with Crippen molar-refractivity contribution < 1.29 is 19.7 Å². The fourth-order valence-corrected chi connectivity index (χ4v) is 4.37. The minimum Gasteiger partial charge on any atom is -0.490 e. The lowest BCUT2D eigenvalue weighted by molar-refractivity contribution is 0.0695. The van der Waals surface area contributed by atoms with Crippen LogP contribution in [0.2, 0.25) is 0 Å². The van der Waals surface area contributed by atoms with E-state index in [1.807, 2.05) is 18.2 Å². The van der Waals surface area contributed by atoms with Crippen molar-refractivity contribution in [2.45, 2.75) is 50.7 Å². The van der Waals surface area contributed by atoms with Gasteiger partial charge in [-0.25, -0.2) is 4.79 Å². The quantitative estimate of drug-likeness (QED) is 0.368. The Balaban J connectivity index is 1.38. The van der Waals surface area contributed by atoms with Crippen molar-refractivity contribution in [2.75, 3.05) is 13.1 Å². The molecule has 2 aromatic carbocycles. The number of aromatic carboxylic acids is 1. The van der Waals surface area contributed by atoms with E-state index in [-0.39, 0.29) is 11.7 Å². The molecule has 3 aromatic rings. The second kappa shape index (κ2) is 11.8. The fourth-order valence-electron chi connectivity index (χ4n) is 4.37. The number of rotatable bonds is 10. The molecule has 1 atom stereocenters. The molecule has 0 spiro atoms. The summed E-state index contributed by atoms with van der Waals surface area (Å²) in [5.41, 5.74) is 4.15. The van der Waals surface area contributed by atoms with Gasteiger partial charge in [-0.05, 0) is 74.0 Å². The van der Waals surface area contributed by atoms with Crippen LogP contribution in [0.15, 0.2) is 67.0 Å². The molecule has 178 valence electrons. The van der Waals surface area contributed by atoms with Crippen LogP contribution in [0.4, 0.5) is 0 Å². The summed E-state index contributed by atoms with van der Waals surface area (Å²) in [5, 5.41) is 23.0. The van der Waals surface area contributed by atoms with Crippen LogP contribution in [0.1, 0.15) is 59.7 Å². The number of ether oxygens (including phenoxy) is 1. The van der Waals surface area contributed by atoms with Crippen LogP contribution in [0.25, 0.3) is 11.1 Å². The molecule has 1 aliphatic rings. The van der Waals surface area contributed by atoms with Crippen LogP contribution in [0.5, 0.6) is 5.75 Å². The van der Waals surface area contributed by atoms with Gasteiger partial charge in [-0.1, -0.05) is 36.8 Å². The first kappa shape index (κ1) is 23.9. The lowest BCUT2D eigenvalue weighted by Gasteiger charge is -2.24. The maximum Gasteiger partial charge on any atom is 0.335 e. The maximum atomic E-state index is 11.5. The van der Waals surface area contributed by atoms with Crippen LogP contribution in [-0.2, 0) is 6.42 Å². The summed E-state index contributed by atoms with van der Waals surface area (Å²) in [6, 6.07) is 17.1. The molecule has 1 aromatic heterocycles. The predicted molar refractivity (Wildman–Crippen MR) is 132 cm³/mol. The van der Waals surface area contributed by atoms with E-state index in [1.54, 1.807) is 24.5 Å². The molecule has 6 nitrogen and oxygen atoms in total. The monoisotopic (exact) mass is 460 g/mol. The number of carboxylic acids is 1. The number of aromatic nitrogens is 1. The van der Waals surface area contributed by atoms with E-state index in [9.17, 15) is 15.0 Å². The third kappa shape index (κ3) is 6.43. The molecule has 0 aliphatic heterocycles. The third-order valence-corrected chi connectivity index (χ3v) is 6.34. The summed E-state index contributed by atoms with van der Waals surface area (Å²) in [5.74, 6) is -0.304. The Hall–Kier alpha value is -3.22. The normalized spacial score (nSPS) is 15.1. The summed E-state index contributed by atoms with van der Waals surface area (Å²) in [6.45, 7) is 1.22. The van der Waals surface area contributed by atoms with Crippen molar-refractivity contribution >= 4 is 5.97 Å². The number of nitrogens with zero attached hydrogens (tertiary/aromatic N) is 1. The molecule has 34 heavy (non-hydrogen) atoms. The van der Waals surface area contributed by atoms with E-state index in [0.717, 1.165) is 55.3 Å². The zero-order chi connectivity index (χ0) is 23.8. The van der Waals surface area contributed by atoms with Gasteiger partial charge < -0.3 is 20.3 Å².